The number of amides is 1. The summed E-state index contributed by atoms with van der Waals surface area (Å²) in [6.45, 7) is 4.09. The van der Waals surface area contributed by atoms with Gasteiger partial charge in [-0.15, -0.1) is 0 Å². The molecule has 0 saturated heterocycles. The summed E-state index contributed by atoms with van der Waals surface area (Å²) in [5.74, 6) is 0.461. The molecule has 0 saturated carbocycles. The maximum Gasteiger partial charge on any atom is 0.220 e. The number of rotatable bonds is 7. The number of oxazole rings is 1. The third kappa shape index (κ3) is 4.16. The SMILES string of the molecule is CCC(CC)NC(=O)CCc1ncc(-c2ccccc2F)o1. The highest BCUT2D eigenvalue weighted by molar-refractivity contribution is 5.76. The van der Waals surface area contributed by atoms with Crippen molar-refractivity contribution in [3.8, 4) is 11.3 Å². The fourth-order valence-electron chi connectivity index (χ4n) is 2.22. The number of nitrogens with one attached hydrogen (secondary N) is 1. The van der Waals surface area contributed by atoms with Crippen LogP contribution in [0.15, 0.2) is 34.9 Å². The minimum Gasteiger partial charge on any atom is -0.441 e. The van der Waals surface area contributed by atoms with Gasteiger partial charge in [0.1, 0.15) is 5.82 Å². The van der Waals surface area contributed by atoms with Gasteiger partial charge in [0.2, 0.25) is 5.91 Å². The fraction of sp³-hybridized carbons (Fsp3) is 0.412. The van der Waals surface area contributed by atoms with Gasteiger partial charge in [0.25, 0.3) is 0 Å². The molecule has 0 spiro atoms. The normalized spacial score (nSPS) is 10.9. The van der Waals surface area contributed by atoms with Crippen LogP contribution in [0.1, 0.15) is 39.0 Å². The van der Waals surface area contributed by atoms with Crippen molar-refractivity contribution in [1.82, 2.24) is 10.3 Å². The van der Waals surface area contributed by atoms with Crippen molar-refractivity contribution in [2.75, 3.05) is 0 Å². The maximum atomic E-state index is 13.7. The molecule has 4 nitrogen and oxygen atoms in total. The van der Waals surface area contributed by atoms with Crippen LogP contribution in [-0.4, -0.2) is 16.9 Å². The van der Waals surface area contributed by atoms with Crippen LogP contribution >= 0.6 is 0 Å². The van der Waals surface area contributed by atoms with Gasteiger partial charge in [-0.25, -0.2) is 9.37 Å². The minimum atomic E-state index is -0.350. The number of aromatic nitrogens is 1. The first-order valence-corrected chi connectivity index (χ1v) is 7.63. The fourth-order valence-corrected chi connectivity index (χ4v) is 2.22. The van der Waals surface area contributed by atoms with Crippen LogP contribution in [0.4, 0.5) is 4.39 Å². The Bertz CT molecular complexity index is 621. The molecule has 0 aliphatic heterocycles. The van der Waals surface area contributed by atoms with Crippen molar-refractivity contribution >= 4 is 5.91 Å². The molecule has 1 amide bonds. The second-order valence-electron chi connectivity index (χ2n) is 5.18. The van der Waals surface area contributed by atoms with Crippen LogP contribution in [0.3, 0.4) is 0 Å². The van der Waals surface area contributed by atoms with Crippen molar-refractivity contribution in [3.63, 3.8) is 0 Å². The van der Waals surface area contributed by atoms with Crippen molar-refractivity contribution in [2.24, 2.45) is 0 Å². The van der Waals surface area contributed by atoms with Crippen LogP contribution < -0.4 is 5.32 Å². The zero-order valence-electron chi connectivity index (χ0n) is 12.9. The van der Waals surface area contributed by atoms with E-state index in [0.717, 1.165) is 12.8 Å². The molecule has 0 radical (unpaired) electrons. The third-order valence-corrected chi connectivity index (χ3v) is 3.61. The van der Waals surface area contributed by atoms with E-state index in [-0.39, 0.29) is 17.8 Å². The highest BCUT2D eigenvalue weighted by atomic mass is 19.1. The molecule has 2 aromatic rings. The topological polar surface area (TPSA) is 55.1 Å². The molecular weight excluding hydrogens is 283 g/mol. The molecule has 1 aromatic carbocycles. The van der Waals surface area contributed by atoms with Crippen molar-refractivity contribution < 1.29 is 13.6 Å². The Morgan fingerprint density at radius 3 is 2.73 bits per heavy atom. The molecule has 0 aliphatic carbocycles. The molecule has 0 bridgehead atoms. The monoisotopic (exact) mass is 304 g/mol. The summed E-state index contributed by atoms with van der Waals surface area (Å²) in [7, 11) is 0. The Kier molecular flexibility index (Phi) is 5.69. The average Bonchev–Trinajstić information content (AvgIpc) is 2.99. The van der Waals surface area contributed by atoms with E-state index in [2.05, 4.69) is 10.3 Å². The van der Waals surface area contributed by atoms with Crippen molar-refractivity contribution in [2.45, 2.75) is 45.6 Å². The number of benzene rings is 1. The summed E-state index contributed by atoms with van der Waals surface area (Å²) in [5.41, 5.74) is 0.378. The van der Waals surface area contributed by atoms with E-state index in [4.69, 9.17) is 4.42 Å². The Morgan fingerprint density at radius 2 is 2.05 bits per heavy atom. The number of hydrogen-bond donors (Lipinski definition) is 1. The molecule has 22 heavy (non-hydrogen) atoms. The smallest absolute Gasteiger partial charge is 0.220 e. The second kappa shape index (κ2) is 7.73. The predicted octanol–water partition coefficient (Wildman–Crippen LogP) is 3.72. The zero-order valence-corrected chi connectivity index (χ0v) is 12.9. The summed E-state index contributed by atoms with van der Waals surface area (Å²) in [4.78, 5) is 15.9. The molecule has 1 heterocycles. The molecule has 1 aromatic heterocycles. The Balaban J connectivity index is 1.93. The summed E-state index contributed by atoms with van der Waals surface area (Å²) in [6, 6.07) is 6.59. The number of carbonyl (C=O) groups excluding carboxylic acids is 1. The summed E-state index contributed by atoms with van der Waals surface area (Å²) >= 11 is 0. The van der Waals surface area contributed by atoms with Gasteiger partial charge in [-0.3, -0.25) is 4.79 Å². The number of halogens is 1. The van der Waals surface area contributed by atoms with E-state index in [9.17, 15) is 9.18 Å². The Labute approximate surface area is 129 Å². The van der Waals surface area contributed by atoms with Crippen molar-refractivity contribution in [1.29, 1.82) is 0 Å². The zero-order chi connectivity index (χ0) is 15.9. The van der Waals surface area contributed by atoms with Crippen LogP contribution in [0, 0.1) is 5.82 Å². The molecular formula is C17H21FN2O2. The van der Waals surface area contributed by atoms with E-state index in [0.29, 0.717) is 30.1 Å². The Hall–Kier alpha value is -2.17. The molecule has 118 valence electrons. The molecule has 0 unspecified atom stereocenters. The van der Waals surface area contributed by atoms with Gasteiger partial charge in [0.15, 0.2) is 11.7 Å². The van der Waals surface area contributed by atoms with Gasteiger partial charge in [0.05, 0.1) is 11.8 Å². The first-order chi connectivity index (χ1) is 10.6. The minimum absolute atomic E-state index is 0.0145. The highest BCUT2D eigenvalue weighted by Gasteiger charge is 2.13. The van der Waals surface area contributed by atoms with E-state index in [1.54, 1.807) is 18.2 Å². The van der Waals surface area contributed by atoms with Crippen LogP contribution in [0.25, 0.3) is 11.3 Å². The van der Waals surface area contributed by atoms with Gasteiger partial charge in [-0.2, -0.15) is 0 Å². The lowest BCUT2D eigenvalue weighted by Gasteiger charge is -2.13. The number of carbonyl (C=O) groups is 1. The maximum absolute atomic E-state index is 13.7. The van der Waals surface area contributed by atoms with Gasteiger partial charge in [0, 0.05) is 18.9 Å². The number of nitrogens with zero attached hydrogens (tertiary/aromatic N) is 1. The average molecular weight is 304 g/mol. The summed E-state index contributed by atoms with van der Waals surface area (Å²) in [5, 5.41) is 2.97. The molecule has 5 heteroatoms. The van der Waals surface area contributed by atoms with Crippen LogP contribution in [0.5, 0.6) is 0 Å². The number of aryl methyl sites for hydroxylation is 1. The standard InChI is InChI=1S/C17H21FN2O2/c1-3-12(4-2)20-16(21)9-10-17-19-11-15(22-17)13-7-5-6-8-14(13)18/h5-8,11-12H,3-4,9-10H2,1-2H3,(H,20,21). The molecule has 0 fully saturated rings. The van der Waals surface area contributed by atoms with Gasteiger partial charge in [-0.05, 0) is 25.0 Å². The predicted molar refractivity (Wildman–Crippen MR) is 82.7 cm³/mol. The molecule has 0 aliphatic rings. The number of hydrogen-bond acceptors (Lipinski definition) is 3. The lowest BCUT2D eigenvalue weighted by atomic mass is 10.1. The van der Waals surface area contributed by atoms with E-state index < -0.39 is 0 Å². The summed E-state index contributed by atoms with van der Waals surface area (Å²) in [6.07, 6.45) is 4.04. The van der Waals surface area contributed by atoms with Gasteiger partial charge >= 0.3 is 0 Å². The largest absolute Gasteiger partial charge is 0.441 e. The molecule has 2 rings (SSSR count). The van der Waals surface area contributed by atoms with Gasteiger partial charge < -0.3 is 9.73 Å². The lowest BCUT2D eigenvalue weighted by Crippen LogP contribution is -2.33. The Morgan fingerprint density at radius 1 is 1.32 bits per heavy atom. The quantitative estimate of drug-likeness (QED) is 0.848. The van der Waals surface area contributed by atoms with E-state index >= 15 is 0 Å². The van der Waals surface area contributed by atoms with E-state index in [1.165, 1.54) is 12.3 Å². The first kappa shape index (κ1) is 16.2. The third-order valence-electron chi connectivity index (χ3n) is 3.61. The first-order valence-electron chi connectivity index (χ1n) is 7.63. The molecule has 0 atom stereocenters. The summed E-state index contributed by atoms with van der Waals surface area (Å²) < 4.78 is 19.2. The van der Waals surface area contributed by atoms with E-state index in [1.807, 2.05) is 13.8 Å². The second-order valence-corrected chi connectivity index (χ2v) is 5.18. The van der Waals surface area contributed by atoms with Crippen LogP contribution in [0.2, 0.25) is 0 Å². The van der Waals surface area contributed by atoms with Crippen LogP contribution in [-0.2, 0) is 11.2 Å². The van der Waals surface area contributed by atoms with Crippen molar-refractivity contribution in [3.05, 3.63) is 42.2 Å². The van der Waals surface area contributed by atoms with Gasteiger partial charge in [-0.1, -0.05) is 26.0 Å². The lowest BCUT2D eigenvalue weighted by molar-refractivity contribution is -0.121. The molecule has 1 N–H and O–H groups in total. The highest BCUT2D eigenvalue weighted by Crippen LogP contribution is 2.23.